The quantitative estimate of drug-likeness (QED) is 0.208. The van der Waals surface area contributed by atoms with Crippen LogP contribution in [-0.4, -0.2) is 7.11 Å². The maximum Gasteiger partial charge on any atom is 0.119 e. The third-order valence-corrected chi connectivity index (χ3v) is 6.99. The first-order valence-corrected chi connectivity index (χ1v) is 13.0. The van der Waals surface area contributed by atoms with Crippen molar-refractivity contribution in [2.45, 2.75) is 20.8 Å². The van der Waals surface area contributed by atoms with E-state index in [2.05, 4.69) is 141 Å². The van der Waals surface area contributed by atoms with Gasteiger partial charge in [-0.15, -0.1) is 0 Å². The van der Waals surface area contributed by atoms with Gasteiger partial charge in [0.25, 0.3) is 0 Å². The molecule has 2 nitrogen and oxygen atoms in total. The highest BCUT2D eigenvalue weighted by atomic mass is 16.5. The van der Waals surface area contributed by atoms with Crippen molar-refractivity contribution in [1.82, 2.24) is 0 Å². The number of benzene rings is 5. The van der Waals surface area contributed by atoms with Crippen LogP contribution in [0.5, 0.6) is 5.75 Å². The number of rotatable bonds is 7. The Hall–Kier alpha value is -4.56. The Morgan fingerprint density at radius 1 is 0.579 bits per heavy atom. The molecule has 5 aromatic carbocycles. The highest BCUT2D eigenvalue weighted by Crippen LogP contribution is 2.36. The fourth-order valence-corrected chi connectivity index (χ4v) is 4.62. The molecule has 0 atom stereocenters. The third-order valence-electron chi connectivity index (χ3n) is 6.99. The second-order valence-corrected chi connectivity index (χ2v) is 9.68. The minimum absolute atomic E-state index is 0.845. The van der Waals surface area contributed by atoms with Gasteiger partial charge in [0.05, 0.1) is 7.11 Å². The third kappa shape index (κ3) is 5.55. The van der Waals surface area contributed by atoms with E-state index < -0.39 is 0 Å². The molecule has 0 bridgehead atoms. The van der Waals surface area contributed by atoms with E-state index in [0.717, 1.165) is 28.4 Å². The van der Waals surface area contributed by atoms with Crippen LogP contribution in [0, 0.1) is 20.8 Å². The smallest absolute Gasteiger partial charge is 0.119 e. The van der Waals surface area contributed by atoms with Crippen LogP contribution in [0.1, 0.15) is 33.4 Å². The number of methoxy groups -OCH3 is 1. The lowest BCUT2D eigenvalue weighted by Gasteiger charge is -2.26. The molecule has 0 heterocycles. The maximum absolute atomic E-state index is 5.39. The van der Waals surface area contributed by atoms with Crippen LogP contribution in [0.2, 0.25) is 0 Å². The van der Waals surface area contributed by atoms with Gasteiger partial charge in [0.1, 0.15) is 5.75 Å². The molecule has 5 rings (SSSR count). The molecular formula is C36H33NO. The van der Waals surface area contributed by atoms with Crippen LogP contribution in [0.25, 0.3) is 11.6 Å². The lowest BCUT2D eigenvalue weighted by Crippen LogP contribution is -2.09. The van der Waals surface area contributed by atoms with Gasteiger partial charge >= 0.3 is 0 Å². The van der Waals surface area contributed by atoms with Crippen LogP contribution in [0.15, 0.2) is 121 Å². The van der Waals surface area contributed by atoms with Crippen molar-refractivity contribution >= 4 is 28.7 Å². The van der Waals surface area contributed by atoms with E-state index in [1.807, 2.05) is 12.1 Å². The molecule has 188 valence electrons. The molecule has 0 N–H and O–H groups in total. The van der Waals surface area contributed by atoms with Gasteiger partial charge in [0, 0.05) is 17.1 Å². The molecule has 0 aromatic heterocycles. The van der Waals surface area contributed by atoms with Crippen molar-refractivity contribution in [1.29, 1.82) is 0 Å². The van der Waals surface area contributed by atoms with Crippen LogP contribution >= 0.6 is 0 Å². The number of aryl methyl sites for hydroxylation is 3. The summed E-state index contributed by atoms with van der Waals surface area (Å²) < 4.78 is 5.39. The summed E-state index contributed by atoms with van der Waals surface area (Å²) in [6.07, 6.45) is 2.28. The second-order valence-electron chi connectivity index (χ2n) is 9.68. The van der Waals surface area contributed by atoms with Crippen LogP contribution in [0.4, 0.5) is 17.1 Å². The minimum atomic E-state index is 0.845. The summed E-state index contributed by atoms with van der Waals surface area (Å²) in [7, 11) is 1.70. The number of ether oxygens (including phenoxy) is 1. The molecule has 38 heavy (non-hydrogen) atoms. The largest absolute Gasteiger partial charge is 0.497 e. The first-order valence-electron chi connectivity index (χ1n) is 13.0. The van der Waals surface area contributed by atoms with E-state index in [1.165, 1.54) is 33.4 Å². The molecule has 0 fully saturated rings. The fourth-order valence-electron chi connectivity index (χ4n) is 4.62. The van der Waals surface area contributed by atoms with Crippen LogP contribution in [0.3, 0.4) is 0 Å². The van der Waals surface area contributed by atoms with Crippen molar-refractivity contribution in [3.05, 3.63) is 155 Å². The molecule has 5 aromatic rings. The molecule has 0 aliphatic rings. The lowest BCUT2D eigenvalue weighted by molar-refractivity contribution is 0.415. The first kappa shape index (κ1) is 25.1. The lowest BCUT2D eigenvalue weighted by atomic mass is 9.93. The zero-order valence-electron chi connectivity index (χ0n) is 22.5. The summed E-state index contributed by atoms with van der Waals surface area (Å²) in [5, 5.41) is 0. The van der Waals surface area contributed by atoms with Crippen molar-refractivity contribution in [2.75, 3.05) is 12.0 Å². The molecule has 2 heteroatoms. The highest BCUT2D eigenvalue weighted by molar-refractivity contribution is 5.92. The Labute approximate surface area is 226 Å². The molecular weight excluding hydrogens is 462 g/mol. The van der Waals surface area contributed by atoms with E-state index >= 15 is 0 Å². The van der Waals surface area contributed by atoms with Crippen molar-refractivity contribution in [3.8, 4) is 5.75 Å². The van der Waals surface area contributed by atoms with E-state index in [-0.39, 0.29) is 0 Å². The first-order chi connectivity index (χ1) is 18.5. The Balaban J connectivity index is 1.55. The molecule has 0 spiro atoms. The highest BCUT2D eigenvalue weighted by Gasteiger charge is 2.13. The van der Waals surface area contributed by atoms with Crippen molar-refractivity contribution in [3.63, 3.8) is 0 Å². The zero-order chi connectivity index (χ0) is 26.5. The molecule has 0 aliphatic carbocycles. The summed E-state index contributed by atoms with van der Waals surface area (Å²) in [5.41, 5.74) is 11.9. The Bertz CT molecular complexity index is 1530. The van der Waals surface area contributed by atoms with Gasteiger partial charge < -0.3 is 9.64 Å². The summed E-state index contributed by atoms with van der Waals surface area (Å²) in [6.45, 7) is 6.45. The Morgan fingerprint density at radius 3 is 1.74 bits per heavy atom. The Kier molecular flexibility index (Phi) is 7.42. The zero-order valence-corrected chi connectivity index (χ0v) is 22.5. The summed E-state index contributed by atoms with van der Waals surface area (Å²) in [6, 6.07) is 43.0. The van der Waals surface area contributed by atoms with Gasteiger partial charge in [-0.3, -0.25) is 0 Å². The summed E-state index contributed by atoms with van der Waals surface area (Å²) >= 11 is 0. The molecule has 0 unspecified atom stereocenters. The molecule has 0 aliphatic heterocycles. The maximum atomic E-state index is 5.39. The number of nitrogens with zero attached hydrogens (tertiary/aromatic N) is 1. The van der Waals surface area contributed by atoms with Gasteiger partial charge in [0.2, 0.25) is 0 Å². The topological polar surface area (TPSA) is 12.5 Å². The average Bonchev–Trinajstić information content (AvgIpc) is 2.96. The van der Waals surface area contributed by atoms with Gasteiger partial charge in [-0.1, -0.05) is 78.4 Å². The second kappa shape index (κ2) is 11.2. The van der Waals surface area contributed by atoms with Gasteiger partial charge in [-0.25, -0.2) is 0 Å². The van der Waals surface area contributed by atoms with Crippen molar-refractivity contribution < 1.29 is 4.74 Å². The predicted octanol–water partition coefficient (Wildman–Crippen LogP) is 9.68. The molecule has 0 radical (unpaired) electrons. The monoisotopic (exact) mass is 495 g/mol. The average molecular weight is 496 g/mol. The summed E-state index contributed by atoms with van der Waals surface area (Å²) in [5.74, 6) is 0.845. The number of hydrogen-bond donors (Lipinski definition) is 0. The van der Waals surface area contributed by atoms with Gasteiger partial charge in [-0.05, 0) is 109 Å². The van der Waals surface area contributed by atoms with Gasteiger partial charge in [-0.2, -0.15) is 0 Å². The van der Waals surface area contributed by atoms with E-state index in [1.54, 1.807) is 7.11 Å². The molecule has 0 saturated carbocycles. The van der Waals surface area contributed by atoms with E-state index in [0.29, 0.717) is 0 Å². The van der Waals surface area contributed by atoms with Gasteiger partial charge in [0.15, 0.2) is 0 Å². The predicted molar refractivity (Wildman–Crippen MR) is 162 cm³/mol. The normalized spacial score (nSPS) is 11.3. The van der Waals surface area contributed by atoms with Crippen LogP contribution < -0.4 is 9.64 Å². The SMILES string of the molecule is COc1ccc(N(c2ccc(C)cc2)c2ccc(/C=C(\c3ccccc3)c3ccc(C)c(C)c3)cc2)cc1. The van der Waals surface area contributed by atoms with Crippen molar-refractivity contribution in [2.24, 2.45) is 0 Å². The number of anilines is 3. The standard InChI is InChI=1S/C36H33NO/c1-26-10-16-32(17-11-26)37(34-20-22-35(38-4)23-21-34)33-18-13-29(14-19-33)25-36(30-8-6-5-7-9-30)31-15-12-27(2)28(3)24-31/h5-25H,1-4H3/b36-25+. The Morgan fingerprint density at radius 2 is 1.16 bits per heavy atom. The fraction of sp³-hybridized carbons (Fsp3) is 0.111. The van der Waals surface area contributed by atoms with Crippen LogP contribution in [-0.2, 0) is 0 Å². The van der Waals surface area contributed by atoms with E-state index in [4.69, 9.17) is 4.74 Å². The van der Waals surface area contributed by atoms with E-state index in [9.17, 15) is 0 Å². The number of hydrogen-bond acceptors (Lipinski definition) is 2. The molecule has 0 amide bonds. The minimum Gasteiger partial charge on any atom is -0.497 e. The summed E-state index contributed by atoms with van der Waals surface area (Å²) in [4.78, 5) is 2.27. The molecule has 0 saturated heterocycles.